The number of para-hydroxylation sites is 1. The van der Waals surface area contributed by atoms with Gasteiger partial charge in [-0.25, -0.2) is 0 Å². The van der Waals surface area contributed by atoms with Gasteiger partial charge in [0.2, 0.25) is 11.0 Å². The summed E-state index contributed by atoms with van der Waals surface area (Å²) in [5, 5.41) is 22.7. The molecule has 0 aliphatic carbocycles. The molecule has 3 N–H and O–H groups in total. The van der Waals surface area contributed by atoms with Gasteiger partial charge in [-0.2, -0.15) is 0 Å². The number of nitrogens with zero attached hydrogens (tertiary/aromatic N) is 2. The van der Waals surface area contributed by atoms with Crippen molar-refractivity contribution in [3.8, 4) is 5.88 Å². The number of halogens is 2. The van der Waals surface area contributed by atoms with Gasteiger partial charge in [-0.05, 0) is 42.5 Å². The SMILES string of the molecule is Oc1[nH]c2c(Cl)cccc2c1N=NC(=S)Nc1ccc(Cl)cc1. The molecule has 0 atom stereocenters. The highest BCUT2D eigenvalue weighted by Crippen LogP contribution is 2.38. The first-order valence-corrected chi connectivity index (χ1v) is 7.68. The molecule has 116 valence electrons. The van der Waals surface area contributed by atoms with Crippen LogP contribution in [0.2, 0.25) is 10.0 Å². The Balaban J connectivity index is 1.82. The fourth-order valence-electron chi connectivity index (χ4n) is 2.03. The summed E-state index contributed by atoms with van der Waals surface area (Å²) in [5.74, 6) is -0.119. The lowest BCUT2D eigenvalue weighted by Crippen LogP contribution is -2.04. The van der Waals surface area contributed by atoms with E-state index < -0.39 is 0 Å². The zero-order chi connectivity index (χ0) is 16.4. The van der Waals surface area contributed by atoms with Crippen LogP contribution in [-0.2, 0) is 0 Å². The minimum Gasteiger partial charge on any atom is -0.493 e. The van der Waals surface area contributed by atoms with Crippen molar-refractivity contribution in [2.75, 3.05) is 5.32 Å². The predicted molar refractivity (Wildman–Crippen MR) is 97.2 cm³/mol. The second-order valence-corrected chi connectivity index (χ2v) is 5.85. The normalized spacial score (nSPS) is 11.2. The Labute approximate surface area is 147 Å². The van der Waals surface area contributed by atoms with Gasteiger partial charge in [0, 0.05) is 16.1 Å². The Bertz CT molecular complexity index is 906. The van der Waals surface area contributed by atoms with Gasteiger partial charge in [-0.15, -0.1) is 10.2 Å². The van der Waals surface area contributed by atoms with Crippen LogP contribution >= 0.6 is 35.4 Å². The van der Waals surface area contributed by atoms with Gasteiger partial charge in [-0.3, -0.25) is 0 Å². The number of benzene rings is 2. The van der Waals surface area contributed by atoms with Crippen LogP contribution in [0.25, 0.3) is 10.9 Å². The van der Waals surface area contributed by atoms with E-state index in [1.54, 1.807) is 42.5 Å². The highest BCUT2D eigenvalue weighted by Gasteiger charge is 2.12. The monoisotopic (exact) mass is 364 g/mol. The fourth-order valence-corrected chi connectivity index (χ4v) is 2.54. The Morgan fingerprint density at radius 1 is 1.13 bits per heavy atom. The Morgan fingerprint density at radius 3 is 2.61 bits per heavy atom. The van der Waals surface area contributed by atoms with Gasteiger partial charge in [-0.1, -0.05) is 35.3 Å². The van der Waals surface area contributed by atoms with E-state index in [0.717, 1.165) is 5.69 Å². The third kappa shape index (κ3) is 3.44. The zero-order valence-electron chi connectivity index (χ0n) is 11.5. The number of azo groups is 1. The van der Waals surface area contributed by atoms with Crippen molar-refractivity contribution in [1.29, 1.82) is 0 Å². The molecule has 0 bridgehead atoms. The van der Waals surface area contributed by atoms with Crippen molar-refractivity contribution in [2.45, 2.75) is 0 Å². The lowest BCUT2D eigenvalue weighted by molar-refractivity contribution is 0.459. The summed E-state index contributed by atoms with van der Waals surface area (Å²) in [4.78, 5) is 2.77. The molecule has 2 aromatic carbocycles. The summed E-state index contributed by atoms with van der Waals surface area (Å²) in [6.07, 6.45) is 0. The van der Waals surface area contributed by atoms with E-state index >= 15 is 0 Å². The van der Waals surface area contributed by atoms with Gasteiger partial charge in [0.15, 0.2) is 5.69 Å². The maximum atomic E-state index is 9.95. The standard InChI is InChI=1S/C15H10Cl2N4OS/c16-8-4-6-9(7-5-8)18-15(23)21-20-13-10-2-1-3-11(17)12(10)19-14(13)22/h1-7,19,22H,(H,18,23). The van der Waals surface area contributed by atoms with Crippen molar-refractivity contribution in [1.82, 2.24) is 4.98 Å². The first-order chi connectivity index (χ1) is 11.0. The molecular weight excluding hydrogens is 355 g/mol. The number of aromatic hydroxyl groups is 1. The average molecular weight is 365 g/mol. The molecule has 3 aromatic rings. The molecule has 0 fully saturated rings. The molecule has 0 spiro atoms. The molecule has 0 aliphatic rings. The highest BCUT2D eigenvalue weighted by atomic mass is 35.5. The van der Waals surface area contributed by atoms with Gasteiger partial charge < -0.3 is 15.4 Å². The van der Waals surface area contributed by atoms with Gasteiger partial charge >= 0.3 is 0 Å². The minimum absolute atomic E-state index is 0.119. The maximum absolute atomic E-state index is 9.95. The molecule has 5 nitrogen and oxygen atoms in total. The first-order valence-electron chi connectivity index (χ1n) is 6.52. The second kappa shape index (κ2) is 6.54. The van der Waals surface area contributed by atoms with E-state index in [0.29, 0.717) is 20.9 Å². The first kappa shape index (κ1) is 15.7. The van der Waals surface area contributed by atoms with Crippen molar-refractivity contribution < 1.29 is 5.11 Å². The van der Waals surface area contributed by atoms with Crippen molar-refractivity contribution in [3.63, 3.8) is 0 Å². The number of nitrogens with one attached hydrogen (secondary N) is 2. The number of H-pyrrole nitrogens is 1. The largest absolute Gasteiger partial charge is 0.493 e. The second-order valence-electron chi connectivity index (χ2n) is 4.62. The van der Waals surface area contributed by atoms with Crippen molar-refractivity contribution in [2.24, 2.45) is 10.2 Å². The number of rotatable bonds is 2. The van der Waals surface area contributed by atoms with E-state index in [1.165, 1.54) is 0 Å². The summed E-state index contributed by atoms with van der Waals surface area (Å²) in [6.45, 7) is 0. The molecule has 1 heterocycles. The molecule has 0 aliphatic heterocycles. The number of thiocarbonyl (C=S) groups is 1. The molecule has 8 heteroatoms. The van der Waals surface area contributed by atoms with Crippen LogP contribution in [0, 0.1) is 0 Å². The number of aromatic amines is 1. The van der Waals surface area contributed by atoms with Crippen molar-refractivity contribution >= 4 is 62.8 Å². The Hall–Kier alpha value is -2.15. The fraction of sp³-hybridized carbons (Fsp3) is 0. The molecule has 3 rings (SSSR count). The predicted octanol–water partition coefficient (Wildman–Crippen LogP) is 5.66. The summed E-state index contributed by atoms with van der Waals surface area (Å²) < 4.78 is 0. The van der Waals surface area contributed by atoms with E-state index in [9.17, 15) is 5.11 Å². The molecule has 0 radical (unpaired) electrons. The van der Waals surface area contributed by atoms with Gasteiger partial charge in [0.1, 0.15) is 0 Å². The van der Waals surface area contributed by atoms with Gasteiger partial charge in [0.05, 0.1) is 10.5 Å². The van der Waals surface area contributed by atoms with Crippen LogP contribution in [-0.4, -0.2) is 15.2 Å². The number of hydrogen-bond donors (Lipinski definition) is 3. The lowest BCUT2D eigenvalue weighted by Gasteiger charge is -2.02. The smallest absolute Gasteiger partial charge is 0.218 e. The quantitative estimate of drug-likeness (QED) is 0.405. The Kier molecular flexibility index (Phi) is 4.47. The van der Waals surface area contributed by atoms with E-state index in [1.807, 2.05) is 0 Å². The van der Waals surface area contributed by atoms with Gasteiger partial charge in [0.25, 0.3) is 0 Å². The maximum Gasteiger partial charge on any atom is 0.218 e. The van der Waals surface area contributed by atoms with Crippen molar-refractivity contribution in [3.05, 3.63) is 52.5 Å². The highest BCUT2D eigenvalue weighted by molar-refractivity contribution is 7.80. The van der Waals surface area contributed by atoms with Crippen LogP contribution in [0.3, 0.4) is 0 Å². The van der Waals surface area contributed by atoms with Crippen LogP contribution < -0.4 is 5.32 Å². The Morgan fingerprint density at radius 2 is 1.87 bits per heavy atom. The van der Waals surface area contributed by atoms with E-state index in [4.69, 9.17) is 35.4 Å². The van der Waals surface area contributed by atoms with Crippen LogP contribution in [0.15, 0.2) is 52.7 Å². The molecule has 0 amide bonds. The summed E-state index contributed by atoms with van der Waals surface area (Å²) in [7, 11) is 0. The number of fused-ring (bicyclic) bond motifs is 1. The van der Waals surface area contributed by atoms with E-state index in [2.05, 4.69) is 20.5 Å². The number of anilines is 1. The van der Waals surface area contributed by atoms with Crippen LogP contribution in [0.4, 0.5) is 11.4 Å². The minimum atomic E-state index is -0.119. The topological polar surface area (TPSA) is 72.8 Å². The third-order valence-corrected chi connectivity index (χ3v) is 3.82. The number of aromatic nitrogens is 1. The summed E-state index contributed by atoms with van der Waals surface area (Å²) in [6, 6.07) is 12.3. The summed E-state index contributed by atoms with van der Waals surface area (Å²) in [5.41, 5.74) is 1.62. The van der Waals surface area contributed by atoms with E-state index in [-0.39, 0.29) is 16.7 Å². The molecule has 0 unspecified atom stereocenters. The molecule has 1 aromatic heterocycles. The molecular formula is C15H10Cl2N4OS. The third-order valence-electron chi connectivity index (χ3n) is 3.07. The molecule has 0 saturated heterocycles. The van der Waals surface area contributed by atoms with Crippen LogP contribution in [0.5, 0.6) is 5.88 Å². The molecule has 0 saturated carbocycles. The lowest BCUT2D eigenvalue weighted by atomic mass is 10.2. The van der Waals surface area contributed by atoms with Crippen LogP contribution in [0.1, 0.15) is 0 Å². The zero-order valence-corrected chi connectivity index (χ0v) is 13.9. The summed E-state index contributed by atoms with van der Waals surface area (Å²) >= 11 is 17.0. The number of hydrogen-bond acceptors (Lipinski definition) is 3. The average Bonchev–Trinajstić information content (AvgIpc) is 2.85. The molecule has 23 heavy (non-hydrogen) atoms.